The first-order valence-electron chi connectivity index (χ1n) is 4.90. The summed E-state index contributed by atoms with van der Waals surface area (Å²) in [7, 11) is 1.42. The highest BCUT2D eigenvalue weighted by atomic mass is 32.1. The van der Waals surface area contributed by atoms with Gasteiger partial charge in [0.05, 0.1) is 7.11 Å². The summed E-state index contributed by atoms with van der Waals surface area (Å²) < 4.78 is 8.42. The van der Waals surface area contributed by atoms with E-state index in [2.05, 4.69) is 19.4 Å². The van der Waals surface area contributed by atoms with Gasteiger partial charge in [-0.15, -0.1) is 0 Å². The summed E-state index contributed by atoms with van der Waals surface area (Å²) in [5.41, 5.74) is 0. The first-order valence-corrected chi connectivity index (χ1v) is 5.67. The molecule has 0 radical (unpaired) electrons. The largest absolute Gasteiger partial charge is 0.469 e. The number of aromatic nitrogens is 2. The van der Waals surface area contributed by atoms with Gasteiger partial charge in [0, 0.05) is 24.5 Å². The van der Waals surface area contributed by atoms with Gasteiger partial charge in [0.1, 0.15) is 6.33 Å². The van der Waals surface area contributed by atoms with E-state index in [0.29, 0.717) is 6.42 Å². The normalized spacial score (nSPS) is 9.93. The van der Waals surface area contributed by atoms with Crippen LogP contribution < -0.4 is 5.32 Å². The second-order valence-electron chi connectivity index (χ2n) is 3.06. The summed E-state index contributed by atoms with van der Waals surface area (Å²) in [4.78, 5) is 14.8. The Morgan fingerprint density at radius 1 is 1.53 bits per heavy atom. The Bertz CT molecular complexity index is 277. The van der Waals surface area contributed by atoms with Crippen LogP contribution in [0, 0.1) is 0 Å². The lowest BCUT2D eigenvalue weighted by molar-refractivity contribution is -0.140. The van der Waals surface area contributed by atoms with E-state index < -0.39 is 0 Å². The van der Waals surface area contributed by atoms with Crippen molar-refractivity contribution < 1.29 is 9.53 Å². The van der Waals surface area contributed by atoms with E-state index in [1.807, 2.05) is 0 Å². The summed E-state index contributed by atoms with van der Waals surface area (Å²) in [6.07, 6.45) is 4.96. The molecule has 0 aliphatic carbocycles. The molecule has 84 valence electrons. The Kier molecular flexibility index (Phi) is 5.69. The van der Waals surface area contributed by atoms with Crippen LogP contribution >= 0.6 is 11.5 Å². The van der Waals surface area contributed by atoms with Crippen molar-refractivity contribution in [3.63, 3.8) is 0 Å². The van der Waals surface area contributed by atoms with Gasteiger partial charge in [-0.1, -0.05) is 6.42 Å². The zero-order chi connectivity index (χ0) is 10.9. The second-order valence-corrected chi connectivity index (χ2v) is 3.84. The highest BCUT2D eigenvalue weighted by Gasteiger charge is 1.99. The summed E-state index contributed by atoms with van der Waals surface area (Å²) in [5.74, 6) is -0.132. The molecule has 6 heteroatoms. The Morgan fingerprint density at radius 3 is 3.07 bits per heavy atom. The van der Waals surface area contributed by atoms with Crippen LogP contribution in [0.4, 0.5) is 5.13 Å². The van der Waals surface area contributed by atoms with Crippen LogP contribution in [0.5, 0.6) is 0 Å². The number of unbranched alkanes of at least 4 members (excludes halogenated alkanes) is 2. The van der Waals surface area contributed by atoms with Crippen LogP contribution in [0.2, 0.25) is 0 Å². The maximum atomic E-state index is 10.8. The van der Waals surface area contributed by atoms with Gasteiger partial charge < -0.3 is 10.1 Å². The van der Waals surface area contributed by atoms with Crippen LogP contribution in [-0.2, 0) is 9.53 Å². The minimum absolute atomic E-state index is 0.132. The zero-order valence-electron chi connectivity index (χ0n) is 8.73. The molecule has 0 bridgehead atoms. The third-order valence-corrected chi connectivity index (χ3v) is 2.55. The lowest BCUT2D eigenvalue weighted by atomic mass is 10.2. The average molecular weight is 229 g/mol. The van der Waals surface area contributed by atoms with Gasteiger partial charge in [0.15, 0.2) is 0 Å². The lowest BCUT2D eigenvalue weighted by Crippen LogP contribution is -2.02. The fourth-order valence-electron chi connectivity index (χ4n) is 1.12. The number of carbonyl (C=O) groups is 1. The molecule has 0 aliphatic rings. The number of methoxy groups -OCH3 is 1. The molecule has 15 heavy (non-hydrogen) atoms. The summed E-state index contributed by atoms with van der Waals surface area (Å²) in [6.45, 7) is 0.871. The topological polar surface area (TPSA) is 64.1 Å². The fourth-order valence-corrected chi connectivity index (χ4v) is 1.57. The van der Waals surface area contributed by atoms with Gasteiger partial charge in [-0.05, 0) is 12.8 Å². The van der Waals surface area contributed by atoms with E-state index in [4.69, 9.17) is 0 Å². The van der Waals surface area contributed by atoms with Crippen molar-refractivity contribution in [2.75, 3.05) is 19.0 Å². The Labute approximate surface area is 93.0 Å². The zero-order valence-corrected chi connectivity index (χ0v) is 9.55. The van der Waals surface area contributed by atoms with Crippen molar-refractivity contribution >= 4 is 22.6 Å². The van der Waals surface area contributed by atoms with E-state index in [9.17, 15) is 4.79 Å². The standard InChI is InChI=1S/C9H15N3O2S/c1-14-8(13)5-3-2-4-6-10-9-11-7-12-15-9/h7H,2-6H2,1H3,(H,10,11,12). The molecule has 0 spiro atoms. The number of hydrogen-bond donors (Lipinski definition) is 1. The molecule has 5 nitrogen and oxygen atoms in total. The molecule has 0 aromatic carbocycles. The van der Waals surface area contributed by atoms with Crippen LogP contribution in [0.3, 0.4) is 0 Å². The number of carbonyl (C=O) groups excluding carboxylic acids is 1. The lowest BCUT2D eigenvalue weighted by Gasteiger charge is -2.01. The van der Waals surface area contributed by atoms with E-state index in [0.717, 1.165) is 30.9 Å². The molecule has 0 amide bonds. The Morgan fingerprint density at radius 2 is 2.40 bits per heavy atom. The second kappa shape index (κ2) is 7.17. The number of nitrogens with zero attached hydrogens (tertiary/aromatic N) is 2. The van der Waals surface area contributed by atoms with Crippen molar-refractivity contribution in [1.29, 1.82) is 0 Å². The van der Waals surface area contributed by atoms with Crippen molar-refractivity contribution in [2.24, 2.45) is 0 Å². The molecule has 0 aliphatic heterocycles. The van der Waals surface area contributed by atoms with Gasteiger partial charge in [-0.3, -0.25) is 4.79 Å². The SMILES string of the molecule is COC(=O)CCCCCNc1ncns1. The Balaban J connectivity index is 1.91. The predicted molar refractivity (Wildman–Crippen MR) is 58.9 cm³/mol. The van der Waals surface area contributed by atoms with E-state index in [-0.39, 0.29) is 5.97 Å². The number of hydrogen-bond acceptors (Lipinski definition) is 6. The molecule has 0 fully saturated rings. The van der Waals surface area contributed by atoms with Crippen LogP contribution in [0.15, 0.2) is 6.33 Å². The minimum atomic E-state index is -0.132. The van der Waals surface area contributed by atoms with Crippen LogP contribution in [0.25, 0.3) is 0 Å². The predicted octanol–water partition coefficient (Wildman–Crippen LogP) is 1.68. The average Bonchev–Trinajstić information content (AvgIpc) is 2.75. The monoisotopic (exact) mass is 229 g/mol. The summed E-state index contributed by atoms with van der Waals surface area (Å²) in [5, 5.41) is 4.01. The molecular weight excluding hydrogens is 214 g/mol. The third-order valence-electron chi connectivity index (χ3n) is 1.92. The van der Waals surface area contributed by atoms with Gasteiger partial charge in [0.25, 0.3) is 0 Å². The molecule has 0 unspecified atom stereocenters. The molecule has 1 aromatic rings. The first kappa shape index (κ1) is 11.9. The van der Waals surface area contributed by atoms with Gasteiger partial charge >= 0.3 is 5.97 Å². The van der Waals surface area contributed by atoms with Crippen molar-refractivity contribution in [2.45, 2.75) is 25.7 Å². The molecule has 0 saturated carbocycles. The smallest absolute Gasteiger partial charge is 0.305 e. The van der Waals surface area contributed by atoms with Crippen molar-refractivity contribution in [3.8, 4) is 0 Å². The van der Waals surface area contributed by atoms with Crippen LogP contribution in [0.1, 0.15) is 25.7 Å². The maximum absolute atomic E-state index is 10.8. The molecule has 1 N–H and O–H groups in total. The highest BCUT2D eigenvalue weighted by molar-refractivity contribution is 7.09. The van der Waals surface area contributed by atoms with Crippen molar-refractivity contribution in [1.82, 2.24) is 9.36 Å². The molecule has 0 atom stereocenters. The number of nitrogens with one attached hydrogen (secondary N) is 1. The molecule has 0 saturated heterocycles. The van der Waals surface area contributed by atoms with Crippen LogP contribution in [-0.4, -0.2) is 29.0 Å². The van der Waals surface area contributed by atoms with Gasteiger partial charge in [-0.2, -0.15) is 4.37 Å². The summed E-state index contributed by atoms with van der Waals surface area (Å²) >= 11 is 1.35. The third kappa shape index (κ3) is 5.31. The van der Waals surface area contributed by atoms with E-state index in [1.54, 1.807) is 0 Å². The van der Waals surface area contributed by atoms with E-state index in [1.165, 1.54) is 25.0 Å². The van der Waals surface area contributed by atoms with Gasteiger partial charge in [0.2, 0.25) is 5.13 Å². The van der Waals surface area contributed by atoms with Crippen molar-refractivity contribution in [3.05, 3.63) is 6.33 Å². The number of anilines is 1. The number of ether oxygens (including phenoxy) is 1. The highest BCUT2D eigenvalue weighted by Crippen LogP contribution is 2.07. The van der Waals surface area contributed by atoms with Gasteiger partial charge in [-0.25, -0.2) is 4.98 Å². The quantitative estimate of drug-likeness (QED) is 0.569. The van der Waals surface area contributed by atoms with E-state index >= 15 is 0 Å². The maximum Gasteiger partial charge on any atom is 0.305 e. The molecule has 1 rings (SSSR count). The Hall–Kier alpha value is -1.17. The summed E-state index contributed by atoms with van der Waals surface area (Å²) in [6, 6.07) is 0. The number of rotatable bonds is 7. The molecule has 1 aromatic heterocycles. The fraction of sp³-hybridized carbons (Fsp3) is 0.667. The molecule has 1 heterocycles. The first-order chi connectivity index (χ1) is 7.33. The molecular formula is C9H15N3O2S. The minimum Gasteiger partial charge on any atom is -0.469 e. The number of esters is 1.